The molecule has 1 aliphatic carbocycles. The highest BCUT2D eigenvalue weighted by Crippen LogP contribution is 2.42. The van der Waals surface area contributed by atoms with Crippen molar-refractivity contribution in [2.75, 3.05) is 0 Å². The van der Waals surface area contributed by atoms with Gasteiger partial charge in [-0.05, 0) is 42.9 Å². The van der Waals surface area contributed by atoms with Crippen LogP contribution >= 0.6 is 15.9 Å². The molecule has 1 fully saturated rings. The second-order valence-electron chi connectivity index (χ2n) is 5.43. The van der Waals surface area contributed by atoms with Gasteiger partial charge in [0, 0.05) is 23.4 Å². The molecule has 0 spiro atoms. The quantitative estimate of drug-likeness (QED) is 0.643. The highest BCUT2D eigenvalue weighted by molar-refractivity contribution is 9.10. The molecule has 0 aromatic heterocycles. The standard InChI is InChI=1S/C14H19BrF2N2/c1-9-6-11(2-3-12(9)15)13(19-18)7-10-4-5-14(16,17)8-10/h2-3,6,10,13,19H,4-5,7-8,18H2,1H3. The number of nitrogens with one attached hydrogen (secondary N) is 1. The maximum atomic E-state index is 13.2. The lowest BCUT2D eigenvalue weighted by molar-refractivity contribution is 0.00430. The Kier molecular flexibility index (Phi) is 4.58. The zero-order chi connectivity index (χ0) is 14.0. The molecule has 0 radical (unpaired) electrons. The van der Waals surface area contributed by atoms with Crippen LogP contribution in [0, 0.1) is 12.8 Å². The predicted octanol–water partition coefficient (Wildman–Crippen LogP) is 4.09. The summed E-state index contributed by atoms with van der Waals surface area (Å²) in [7, 11) is 0. The Bertz CT molecular complexity index is 451. The first-order chi connectivity index (χ1) is 8.91. The van der Waals surface area contributed by atoms with Crippen LogP contribution in [0.3, 0.4) is 0 Å². The number of hydrogen-bond donors (Lipinski definition) is 2. The molecular weight excluding hydrogens is 314 g/mol. The molecule has 2 unspecified atom stereocenters. The molecule has 2 nitrogen and oxygen atoms in total. The van der Waals surface area contributed by atoms with E-state index in [9.17, 15) is 8.78 Å². The van der Waals surface area contributed by atoms with Crippen LogP contribution in [0.5, 0.6) is 0 Å². The predicted molar refractivity (Wildman–Crippen MR) is 75.8 cm³/mol. The van der Waals surface area contributed by atoms with Crippen LogP contribution in [0.2, 0.25) is 0 Å². The average molecular weight is 333 g/mol. The maximum absolute atomic E-state index is 13.2. The summed E-state index contributed by atoms with van der Waals surface area (Å²) < 4.78 is 27.5. The zero-order valence-electron chi connectivity index (χ0n) is 10.9. The molecule has 106 valence electrons. The Hall–Kier alpha value is -0.520. The fourth-order valence-corrected chi connectivity index (χ4v) is 3.01. The minimum absolute atomic E-state index is 0.00826. The van der Waals surface area contributed by atoms with Crippen molar-refractivity contribution in [3.05, 3.63) is 33.8 Å². The molecule has 1 aromatic carbocycles. The van der Waals surface area contributed by atoms with Gasteiger partial charge in [0.25, 0.3) is 0 Å². The summed E-state index contributed by atoms with van der Waals surface area (Å²) in [5, 5.41) is 0. The molecule has 3 N–H and O–H groups in total. The van der Waals surface area contributed by atoms with Crippen molar-refractivity contribution >= 4 is 15.9 Å². The number of rotatable bonds is 4. The topological polar surface area (TPSA) is 38.0 Å². The molecule has 0 saturated heterocycles. The van der Waals surface area contributed by atoms with Crippen LogP contribution in [0.4, 0.5) is 8.78 Å². The number of hydrogen-bond acceptors (Lipinski definition) is 2. The van der Waals surface area contributed by atoms with Gasteiger partial charge in [0.15, 0.2) is 0 Å². The summed E-state index contributed by atoms with van der Waals surface area (Å²) in [6.07, 6.45) is 1.24. The van der Waals surface area contributed by atoms with E-state index >= 15 is 0 Å². The SMILES string of the molecule is Cc1cc(C(CC2CCC(F)(F)C2)NN)ccc1Br. The van der Waals surface area contributed by atoms with E-state index < -0.39 is 5.92 Å². The van der Waals surface area contributed by atoms with Crippen LogP contribution in [0.25, 0.3) is 0 Å². The number of aryl methyl sites for hydroxylation is 1. The fourth-order valence-electron chi connectivity index (χ4n) is 2.76. The van der Waals surface area contributed by atoms with Crippen LogP contribution in [0.1, 0.15) is 42.9 Å². The molecule has 2 atom stereocenters. The van der Waals surface area contributed by atoms with Gasteiger partial charge in [-0.25, -0.2) is 8.78 Å². The first-order valence-electron chi connectivity index (χ1n) is 6.51. The molecular formula is C14H19BrF2N2. The fraction of sp³-hybridized carbons (Fsp3) is 0.571. The Balaban J connectivity index is 2.06. The average Bonchev–Trinajstić information content (AvgIpc) is 2.69. The van der Waals surface area contributed by atoms with Gasteiger partial charge in [-0.3, -0.25) is 11.3 Å². The Morgan fingerprint density at radius 1 is 1.53 bits per heavy atom. The van der Waals surface area contributed by atoms with Crippen molar-refractivity contribution in [3.8, 4) is 0 Å². The van der Waals surface area contributed by atoms with Gasteiger partial charge in [-0.15, -0.1) is 0 Å². The molecule has 5 heteroatoms. The van der Waals surface area contributed by atoms with Gasteiger partial charge in [-0.2, -0.15) is 0 Å². The number of alkyl halides is 2. The van der Waals surface area contributed by atoms with Crippen molar-refractivity contribution in [2.24, 2.45) is 11.8 Å². The van der Waals surface area contributed by atoms with E-state index in [4.69, 9.17) is 5.84 Å². The Morgan fingerprint density at radius 2 is 2.26 bits per heavy atom. The van der Waals surface area contributed by atoms with E-state index in [1.165, 1.54) is 0 Å². The molecule has 0 heterocycles. The zero-order valence-corrected chi connectivity index (χ0v) is 12.5. The molecule has 2 rings (SSSR count). The molecule has 0 bridgehead atoms. The largest absolute Gasteiger partial charge is 0.271 e. The second-order valence-corrected chi connectivity index (χ2v) is 6.28. The van der Waals surface area contributed by atoms with Crippen molar-refractivity contribution in [1.29, 1.82) is 0 Å². The van der Waals surface area contributed by atoms with Crippen LogP contribution in [-0.4, -0.2) is 5.92 Å². The Labute approximate surface area is 120 Å². The highest BCUT2D eigenvalue weighted by Gasteiger charge is 2.40. The molecule has 0 aliphatic heterocycles. The summed E-state index contributed by atoms with van der Waals surface area (Å²) >= 11 is 3.45. The third-order valence-corrected chi connectivity index (χ3v) is 4.75. The van der Waals surface area contributed by atoms with E-state index in [1.807, 2.05) is 25.1 Å². The van der Waals surface area contributed by atoms with Crippen LogP contribution in [0.15, 0.2) is 22.7 Å². The van der Waals surface area contributed by atoms with E-state index in [0.717, 1.165) is 15.6 Å². The van der Waals surface area contributed by atoms with Crippen molar-refractivity contribution < 1.29 is 8.78 Å². The normalized spacial score (nSPS) is 23.5. The third-order valence-electron chi connectivity index (χ3n) is 3.86. The van der Waals surface area contributed by atoms with E-state index in [2.05, 4.69) is 21.4 Å². The molecule has 1 aliphatic rings. The summed E-state index contributed by atoms with van der Waals surface area (Å²) in [6.45, 7) is 2.00. The van der Waals surface area contributed by atoms with Gasteiger partial charge in [-0.1, -0.05) is 28.1 Å². The Morgan fingerprint density at radius 3 is 2.79 bits per heavy atom. The number of halogens is 3. The van der Waals surface area contributed by atoms with Crippen LogP contribution < -0.4 is 11.3 Å². The number of nitrogens with two attached hydrogens (primary N) is 1. The number of benzene rings is 1. The second kappa shape index (κ2) is 5.85. The van der Waals surface area contributed by atoms with Gasteiger partial charge in [0.05, 0.1) is 0 Å². The first kappa shape index (κ1) is 14.9. The third kappa shape index (κ3) is 3.74. The van der Waals surface area contributed by atoms with Gasteiger partial charge >= 0.3 is 0 Å². The van der Waals surface area contributed by atoms with Gasteiger partial charge in [0.2, 0.25) is 5.92 Å². The summed E-state index contributed by atoms with van der Waals surface area (Å²) in [6, 6.07) is 5.93. The van der Waals surface area contributed by atoms with Gasteiger partial charge in [0.1, 0.15) is 0 Å². The molecule has 1 saturated carbocycles. The molecule has 0 amide bonds. The van der Waals surface area contributed by atoms with E-state index in [0.29, 0.717) is 12.8 Å². The molecule has 1 aromatic rings. The van der Waals surface area contributed by atoms with Crippen molar-refractivity contribution in [2.45, 2.75) is 44.6 Å². The summed E-state index contributed by atoms with van der Waals surface area (Å²) in [5.41, 5.74) is 4.93. The number of hydrazine groups is 1. The smallest absolute Gasteiger partial charge is 0.248 e. The van der Waals surface area contributed by atoms with Gasteiger partial charge < -0.3 is 0 Å². The minimum atomic E-state index is -2.49. The van der Waals surface area contributed by atoms with Crippen molar-refractivity contribution in [3.63, 3.8) is 0 Å². The monoisotopic (exact) mass is 332 g/mol. The highest BCUT2D eigenvalue weighted by atomic mass is 79.9. The lowest BCUT2D eigenvalue weighted by atomic mass is 9.93. The van der Waals surface area contributed by atoms with E-state index in [-0.39, 0.29) is 24.8 Å². The molecule has 19 heavy (non-hydrogen) atoms. The van der Waals surface area contributed by atoms with Crippen molar-refractivity contribution in [1.82, 2.24) is 5.43 Å². The van der Waals surface area contributed by atoms with E-state index in [1.54, 1.807) is 0 Å². The summed E-state index contributed by atoms with van der Waals surface area (Å²) in [4.78, 5) is 0. The first-order valence-corrected chi connectivity index (χ1v) is 7.30. The lowest BCUT2D eigenvalue weighted by Gasteiger charge is -2.21. The lowest BCUT2D eigenvalue weighted by Crippen LogP contribution is -2.29. The summed E-state index contributed by atoms with van der Waals surface area (Å²) in [5.74, 6) is 3.14. The van der Waals surface area contributed by atoms with Crippen LogP contribution in [-0.2, 0) is 0 Å². The maximum Gasteiger partial charge on any atom is 0.248 e. The minimum Gasteiger partial charge on any atom is -0.271 e.